The highest BCUT2D eigenvalue weighted by Gasteiger charge is 2.12. The minimum absolute atomic E-state index is 0.169. The van der Waals surface area contributed by atoms with E-state index in [4.69, 9.17) is 0 Å². The fraction of sp³-hybridized carbons (Fsp3) is 0.188. The number of hydrogen-bond acceptors (Lipinski definition) is 4. The molecule has 3 rings (SSSR count). The maximum atomic E-state index is 12.3. The van der Waals surface area contributed by atoms with Crippen LogP contribution in [0.25, 0.3) is 11.3 Å². The Morgan fingerprint density at radius 3 is 2.86 bits per heavy atom. The van der Waals surface area contributed by atoms with Gasteiger partial charge in [-0.1, -0.05) is 0 Å². The molecule has 0 aliphatic carbocycles. The molecule has 0 fully saturated rings. The van der Waals surface area contributed by atoms with Crippen LogP contribution in [0.15, 0.2) is 41.4 Å². The second kappa shape index (κ2) is 6.11. The molecule has 0 aromatic carbocycles. The molecule has 22 heavy (non-hydrogen) atoms. The van der Waals surface area contributed by atoms with Crippen LogP contribution in [0.2, 0.25) is 0 Å². The average molecular weight is 312 g/mol. The van der Waals surface area contributed by atoms with E-state index in [9.17, 15) is 4.79 Å². The highest BCUT2D eigenvalue weighted by Crippen LogP contribution is 2.22. The van der Waals surface area contributed by atoms with E-state index in [1.54, 1.807) is 28.4 Å². The molecule has 0 atom stereocenters. The summed E-state index contributed by atoms with van der Waals surface area (Å²) in [4.78, 5) is 16.9. The minimum Gasteiger partial charge on any atom is -0.319 e. The minimum atomic E-state index is -0.169. The van der Waals surface area contributed by atoms with E-state index >= 15 is 0 Å². The molecule has 1 N–H and O–H groups in total. The third-order valence-corrected chi connectivity index (χ3v) is 4.05. The van der Waals surface area contributed by atoms with Crippen LogP contribution in [-0.2, 0) is 6.54 Å². The van der Waals surface area contributed by atoms with Crippen molar-refractivity contribution in [1.82, 2.24) is 14.8 Å². The first-order chi connectivity index (χ1) is 10.7. The number of carbonyl (C=O) groups excluding carboxylic acids is 1. The third kappa shape index (κ3) is 2.92. The van der Waals surface area contributed by atoms with Gasteiger partial charge in [0.25, 0.3) is 5.91 Å². The Kier molecular flexibility index (Phi) is 4.02. The largest absolute Gasteiger partial charge is 0.319 e. The van der Waals surface area contributed by atoms with Crippen molar-refractivity contribution in [2.24, 2.45) is 0 Å². The first kappa shape index (κ1) is 14.5. The summed E-state index contributed by atoms with van der Waals surface area (Å²) in [5.41, 5.74) is 3.93. The monoisotopic (exact) mass is 312 g/mol. The van der Waals surface area contributed by atoms with E-state index in [-0.39, 0.29) is 5.91 Å². The number of amides is 1. The molecule has 0 spiro atoms. The number of pyridine rings is 1. The van der Waals surface area contributed by atoms with Crippen LogP contribution in [0.5, 0.6) is 0 Å². The van der Waals surface area contributed by atoms with Crippen LogP contribution in [0.4, 0.5) is 5.69 Å². The summed E-state index contributed by atoms with van der Waals surface area (Å²) in [6.07, 6.45) is 3.45. The van der Waals surface area contributed by atoms with Gasteiger partial charge in [0.1, 0.15) is 0 Å². The lowest BCUT2D eigenvalue weighted by Gasteiger charge is -2.07. The summed E-state index contributed by atoms with van der Waals surface area (Å²) in [6.45, 7) is 4.61. The maximum absolute atomic E-state index is 12.3. The van der Waals surface area contributed by atoms with Gasteiger partial charge in [0.15, 0.2) is 0 Å². The lowest BCUT2D eigenvalue weighted by atomic mass is 10.1. The Hall–Kier alpha value is -2.47. The number of nitrogens with zero attached hydrogens (tertiary/aromatic N) is 3. The normalized spacial score (nSPS) is 10.6. The van der Waals surface area contributed by atoms with Gasteiger partial charge in [0.2, 0.25) is 0 Å². The zero-order valence-electron chi connectivity index (χ0n) is 12.4. The molecule has 0 saturated heterocycles. The van der Waals surface area contributed by atoms with Crippen LogP contribution in [0, 0.1) is 6.92 Å². The van der Waals surface area contributed by atoms with Gasteiger partial charge in [-0.05, 0) is 37.4 Å². The lowest BCUT2D eigenvalue weighted by Crippen LogP contribution is -2.13. The first-order valence-corrected chi connectivity index (χ1v) is 7.95. The quantitative estimate of drug-likeness (QED) is 0.801. The van der Waals surface area contributed by atoms with Crippen LogP contribution >= 0.6 is 11.3 Å². The molecule has 1 amide bonds. The number of anilines is 1. The molecule has 0 saturated carbocycles. The molecule has 3 heterocycles. The first-order valence-electron chi connectivity index (χ1n) is 7.01. The van der Waals surface area contributed by atoms with Crippen molar-refractivity contribution < 1.29 is 4.79 Å². The van der Waals surface area contributed by atoms with Crippen molar-refractivity contribution in [2.75, 3.05) is 5.32 Å². The molecule has 0 aliphatic rings. The zero-order chi connectivity index (χ0) is 15.5. The van der Waals surface area contributed by atoms with E-state index in [1.165, 1.54) is 0 Å². The van der Waals surface area contributed by atoms with Crippen LogP contribution in [0.3, 0.4) is 0 Å². The number of thiophene rings is 1. The van der Waals surface area contributed by atoms with Gasteiger partial charge in [-0.25, -0.2) is 0 Å². The van der Waals surface area contributed by atoms with Crippen molar-refractivity contribution in [1.29, 1.82) is 0 Å². The summed E-state index contributed by atoms with van der Waals surface area (Å²) in [7, 11) is 0. The topological polar surface area (TPSA) is 59.8 Å². The molecular formula is C16H16N4OS. The Morgan fingerprint density at radius 2 is 2.23 bits per heavy atom. The summed E-state index contributed by atoms with van der Waals surface area (Å²) in [5, 5.41) is 11.0. The van der Waals surface area contributed by atoms with Crippen molar-refractivity contribution >= 4 is 22.9 Å². The van der Waals surface area contributed by atoms with E-state index in [2.05, 4.69) is 15.4 Å². The van der Waals surface area contributed by atoms with Crippen LogP contribution in [0.1, 0.15) is 23.0 Å². The lowest BCUT2D eigenvalue weighted by molar-refractivity contribution is 0.102. The van der Waals surface area contributed by atoms with Gasteiger partial charge in [-0.2, -0.15) is 16.4 Å². The molecule has 112 valence electrons. The van der Waals surface area contributed by atoms with Gasteiger partial charge in [0, 0.05) is 23.7 Å². The number of hydrogen-bond donors (Lipinski definition) is 1. The number of aromatic nitrogens is 3. The fourth-order valence-corrected chi connectivity index (χ4v) is 2.82. The van der Waals surface area contributed by atoms with E-state index in [0.29, 0.717) is 16.9 Å². The van der Waals surface area contributed by atoms with Gasteiger partial charge in [-0.3, -0.25) is 14.5 Å². The van der Waals surface area contributed by atoms with Crippen molar-refractivity contribution in [3.63, 3.8) is 0 Å². The number of rotatable bonds is 4. The Bertz CT molecular complexity index is 792. The molecule has 3 aromatic rings. The van der Waals surface area contributed by atoms with Crippen LogP contribution in [-0.4, -0.2) is 20.7 Å². The Labute approximate surface area is 132 Å². The van der Waals surface area contributed by atoms with Gasteiger partial charge < -0.3 is 5.32 Å². The number of carbonyl (C=O) groups is 1. The molecule has 0 unspecified atom stereocenters. The Balaban J connectivity index is 1.80. The third-order valence-electron chi connectivity index (χ3n) is 3.36. The van der Waals surface area contributed by atoms with Crippen molar-refractivity contribution in [3.8, 4) is 11.3 Å². The standard InChI is InChI=1S/C16H16N4OS/c1-3-20-9-13(8-17-20)19-16(21)14-4-5-15(18-11(14)2)12-6-7-22-10-12/h4-10H,3H2,1-2H3,(H,19,21). The summed E-state index contributed by atoms with van der Waals surface area (Å²) < 4.78 is 1.76. The summed E-state index contributed by atoms with van der Waals surface area (Å²) in [6, 6.07) is 5.71. The average Bonchev–Trinajstić information content (AvgIpc) is 3.18. The maximum Gasteiger partial charge on any atom is 0.257 e. The molecule has 0 bridgehead atoms. The highest BCUT2D eigenvalue weighted by atomic mass is 32.1. The number of nitrogens with one attached hydrogen (secondary N) is 1. The summed E-state index contributed by atoms with van der Waals surface area (Å²) in [5.74, 6) is -0.169. The predicted octanol–water partition coefficient (Wildman–Crippen LogP) is 3.59. The SMILES string of the molecule is CCn1cc(NC(=O)c2ccc(-c3ccsc3)nc2C)cn1. The van der Waals surface area contributed by atoms with E-state index in [1.807, 2.05) is 42.8 Å². The molecule has 6 heteroatoms. The summed E-state index contributed by atoms with van der Waals surface area (Å²) >= 11 is 1.63. The molecule has 3 aromatic heterocycles. The molecular weight excluding hydrogens is 296 g/mol. The Morgan fingerprint density at radius 1 is 1.36 bits per heavy atom. The van der Waals surface area contributed by atoms with Crippen LogP contribution < -0.4 is 5.32 Å². The van der Waals surface area contributed by atoms with Gasteiger partial charge in [0.05, 0.1) is 28.8 Å². The van der Waals surface area contributed by atoms with Crippen molar-refractivity contribution in [2.45, 2.75) is 20.4 Å². The second-order valence-electron chi connectivity index (χ2n) is 4.88. The molecule has 5 nitrogen and oxygen atoms in total. The highest BCUT2D eigenvalue weighted by molar-refractivity contribution is 7.08. The predicted molar refractivity (Wildman–Crippen MR) is 88.1 cm³/mol. The van der Waals surface area contributed by atoms with Gasteiger partial charge >= 0.3 is 0 Å². The molecule has 0 radical (unpaired) electrons. The smallest absolute Gasteiger partial charge is 0.257 e. The van der Waals surface area contributed by atoms with E-state index in [0.717, 1.165) is 17.8 Å². The fourth-order valence-electron chi connectivity index (χ4n) is 2.17. The second-order valence-corrected chi connectivity index (χ2v) is 5.66. The van der Waals surface area contributed by atoms with E-state index < -0.39 is 0 Å². The zero-order valence-corrected chi connectivity index (χ0v) is 13.2. The van der Waals surface area contributed by atoms with Gasteiger partial charge in [-0.15, -0.1) is 0 Å². The number of aryl methyl sites for hydroxylation is 2. The van der Waals surface area contributed by atoms with Crippen molar-refractivity contribution in [3.05, 3.63) is 52.6 Å². The molecule has 0 aliphatic heterocycles.